The van der Waals surface area contributed by atoms with E-state index in [4.69, 9.17) is 11.6 Å². The molecule has 0 atom stereocenters. The number of nitrogens with zero attached hydrogens (tertiary/aromatic N) is 2. The molecule has 1 aliphatic carbocycles. The molecule has 4 rings (SSSR count). The summed E-state index contributed by atoms with van der Waals surface area (Å²) in [7, 11) is 0. The van der Waals surface area contributed by atoms with E-state index in [9.17, 15) is 14.0 Å². The number of aryl methyl sites for hydroxylation is 1. The summed E-state index contributed by atoms with van der Waals surface area (Å²) in [5.74, 6) is -0.340. The van der Waals surface area contributed by atoms with E-state index in [1.807, 2.05) is 0 Å². The van der Waals surface area contributed by atoms with Crippen molar-refractivity contribution in [3.05, 3.63) is 75.3 Å². The number of halogens is 2. The average molecular weight is 440 g/mol. The van der Waals surface area contributed by atoms with Crippen LogP contribution in [-0.4, -0.2) is 15.7 Å². The highest BCUT2D eigenvalue weighted by Gasteiger charge is 2.25. The monoisotopic (exact) mass is 439 g/mol. The number of hydrogen-bond acceptors (Lipinski definition) is 3. The van der Waals surface area contributed by atoms with Crippen molar-refractivity contribution in [2.75, 3.05) is 5.32 Å². The highest BCUT2D eigenvalue weighted by molar-refractivity contribution is 6.30. The van der Waals surface area contributed by atoms with Gasteiger partial charge in [-0.15, -0.1) is 0 Å². The molecule has 0 bridgehead atoms. The molecule has 1 N–H and O–H groups in total. The zero-order valence-corrected chi connectivity index (χ0v) is 18.0. The molecular formula is C24H23ClFN3O2. The van der Waals surface area contributed by atoms with Crippen molar-refractivity contribution in [1.82, 2.24) is 9.78 Å². The molecule has 0 unspecified atom stereocenters. The fraction of sp³-hybridized carbons (Fsp3) is 0.292. The van der Waals surface area contributed by atoms with E-state index in [1.54, 1.807) is 43.3 Å². The van der Waals surface area contributed by atoms with Gasteiger partial charge in [0.25, 0.3) is 0 Å². The summed E-state index contributed by atoms with van der Waals surface area (Å²) in [6, 6.07) is 12.6. The van der Waals surface area contributed by atoms with E-state index in [1.165, 1.54) is 16.8 Å². The van der Waals surface area contributed by atoms with Gasteiger partial charge in [0.2, 0.25) is 11.3 Å². The lowest BCUT2D eigenvalue weighted by Gasteiger charge is -2.23. The third-order valence-electron chi connectivity index (χ3n) is 5.68. The SMILES string of the molecule is Cc1nn(-c2ccc(F)cc2)c(NC(=O)C2CCCCC2)c(-c2ccc(Cl)cc2)c1=O. The van der Waals surface area contributed by atoms with Gasteiger partial charge in [-0.2, -0.15) is 5.10 Å². The smallest absolute Gasteiger partial charge is 0.228 e. The molecule has 1 amide bonds. The summed E-state index contributed by atoms with van der Waals surface area (Å²) < 4.78 is 15.0. The normalized spacial score (nSPS) is 14.4. The Morgan fingerprint density at radius 1 is 1.06 bits per heavy atom. The molecule has 0 radical (unpaired) electrons. The highest BCUT2D eigenvalue weighted by Crippen LogP contribution is 2.30. The Morgan fingerprint density at radius 2 is 1.71 bits per heavy atom. The predicted octanol–water partition coefficient (Wildman–Crippen LogP) is 5.52. The van der Waals surface area contributed by atoms with Crippen molar-refractivity contribution >= 4 is 23.3 Å². The Hall–Kier alpha value is -2.99. The second-order valence-corrected chi connectivity index (χ2v) is 8.29. The Kier molecular flexibility index (Phi) is 6.18. The molecule has 1 heterocycles. The number of anilines is 1. The van der Waals surface area contributed by atoms with Crippen LogP contribution in [0.1, 0.15) is 37.8 Å². The molecule has 1 saturated carbocycles. The standard InChI is InChI=1S/C24H23ClFN3O2/c1-15-22(30)21(16-7-9-18(25)10-8-16)23(27-24(31)17-5-3-2-4-6-17)29(28-15)20-13-11-19(26)12-14-20/h7-14,17H,2-6H2,1H3,(H,27,31). The molecule has 0 spiro atoms. The fourth-order valence-electron chi connectivity index (χ4n) is 3.99. The number of aromatic nitrogens is 2. The minimum Gasteiger partial charge on any atom is -0.310 e. The first-order valence-electron chi connectivity index (χ1n) is 10.4. The first kappa shape index (κ1) is 21.2. The van der Waals surface area contributed by atoms with E-state index in [-0.39, 0.29) is 34.6 Å². The number of carbonyl (C=O) groups is 1. The van der Waals surface area contributed by atoms with Crippen LogP contribution in [0.25, 0.3) is 16.8 Å². The summed E-state index contributed by atoms with van der Waals surface area (Å²) in [5.41, 5.74) is 1.48. The summed E-state index contributed by atoms with van der Waals surface area (Å²) in [5, 5.41) is 7.94. The van der Waals surface area contributed by atoms with E-state index in [0.29, 0.717) is 21.8 Å². The first-order valence-corrected chi connectivity index (χ1v) is 10.8. The van der Waals surface area contributed by atoms with Crippen molar-refractivity contribution in [2.45, 2.75) is 39.0 Å². The molecule has 0 saturated heterocycles. The van der Waals surface area contributed by atoms with Crippen molar-refractivity contribution in [1.29, 1.82) is 0 Å². The largest absolute Gasteiger partial charge is 0.310 e. The minimum absolute atomic E-state index is 0.107. The number of rotatable bonds is 4. The van der Waals surface area contributed by atoms with Crippen molar-refractivity contribution in [2.24, 2.45) is 5.92 Å². The van der Waals surface area contributed by atoms with Crippen LogP contribution in [0.2, 0.25) is 5.02 Å². The molecule has 5 nitrogen and oxygen atoms in total. The Morgan fingerprint density at radius 3 is 2.35 bits per heavy atom. The molecule has 7 heteroatoms. The maximum atomic E-state index is 13.5. The van der Waals surface area contributed by atoms with Gasteiger partial charge in [-0.1, -0.05) is 43.0 Å². The zero-order valence-electron chi connectivity index (χ0n) is 17.2. The maximum Gasteiger partial charge on any atom is 0.228 e. The van der Waals surface area contributed by atoms with Crippen LogP contribution >= 0.6 is 11.6 Å². The Balaban J connectivity index is 1.89. The molecule has 3 aromatic rings. The number of benzene rings is 2. The van der Waals surface area contributed by atoms with E-state index in [0.717, 1.165) is 32.1 Å². The highest BCUT2D eigenvalue weighted by atomic mass is 35.5. The van der Waals surface area contributed by atoms with Crippen LogP contribution in [0, 0.1) is 18.7 Å². The first-order chi connectivity index (χ1) is 14.9. The quantitative estimate of drug-likeness (QED) is 0.582. The van der Waals surface area contributed by atoms with Crippen LogP contribution < -0.4 is 10.7 Å². The second kappa shape index (κ2) is 9.02. The molecule has 31 heavy (non-hydrogen) atoms. The number of carbonyl (C=O) groups excluding carboxylic acids is 1. The van der Waals surface area contributed by atoms with Gasteiger partial charge in [0.15, 0.2) is 0 Å². The van der Waals surface area contributed by atoms with Crippen LogP contribution in [0.4, 0.5) is 10.2 Å². The lowest BCUT2D eigenvalue weighted by molar-refractivity contribution is -0.120. The topological polar surface area (TPSA) is 64.0 Å². The summed E-state index contributed by atoms with van der Waals surface area (Å²) in [6.45, 7) is 1.62. The lowest BCUT2D eigenvalue weighted by atomic mass is 9.88. The van der Waals surface area contributed by atoms with Gasteiger partial charge in [-0.05, 0) is 61.7 Å². The Labute approximate surface area is 184 Å². The second-order valence-electron chi connectivity index (χ2n) is 7.86. The molecule has 1 fully saturated rings. The molecule has 2 aromatic carbocycles. The zero-order chi connectivity index (χ0) is 22.0. The van der Waals surface area contributed by atoms with Gasteiger partial charge in [-0.3, -0.25) is 9.59 Å². The van der Waals surface area contributed by atoms with Crippen molar-refractivity contribution < 1.29 is 9.18 Å². The summed E-state index contributed by atoms with van der Waals surface area (Å²) in [4.78, 5) is 26.3. The van der Waals surface area contributed by atoms with Gasteiger partial charge in [-0.25, -0.2) is 9.07 Å². The number of hydrogen-bond donors (Lipinski definition) is 1. The van der Waals surface area contributed by atoms with E-state index >= 15 is 0 Å². The third-order valence-corrected chi connectivity index (χ3v) is 5.93. The van der Waals surface area contributed by atoms with Gasteiger partial charge < -0.3 is 5.32 Å². The molecule has 1 aliphatic rings. The number of nitrogens with one attached hydrogen (secondary N) is 1. The summed E-state index contributed by atoms with van der Waals surface area (Å²) in [6.07, 6.45) is 4.80. The molecule has 0 aliphatic heterocycles. The third kappa shape index (κ3) is 4.54. The predicted molar refractivity (Wildman–Crippen MR) is 120 cm³/mol. The van der Waals surface area contributed by atoms with Crippen molar-refractivity contribution in [3.8, 4) is 16.8 Å². The molecular weight excluding hydrogens is 417 g/mol. The van der Waals surface area contributed by atoms with E-state index in [2.05, 4.69) is 10.4 Å². The maximum absolute atomic E-state index is 13.5. The van der Waals surface area contributed by atoms with Gasteiger partial charge >= 0.3 is 0 Å². The van der Waals surface area contributed by atoms with Gasteiger partial charge in [0, 0.05) is 10.9 Å². The summed E-state index contributed by atoms with van der Waals surface area (Å²) >= 11 is 6.04. The number of amides is 1. The fourth-order valence-corrected chi connectivity index (χ4v) is 4.12. The Bertz CT molecular complexity index is 1150. The van der Waals surface area contributed by atoms with Crippen LogP contribution in [0.3, 0.4) is 0 Å². The van der Waals surface area contributed by atoms with Crippen LogP contribution in [0.15, 0.2) is 53.3 Å². The van der Waals surface area contributed by atoms with Crippen LogP contribution in [-0.2, 0) is 4.79 Å². The van der Waals surface area contributed by atoms with E-state index < -0.39 is 0 Å². The lowest BCUT2D eigenvalue weighted by Crippen LogP contribution is -2.29. The van der Waals surface area contributed by atoms with Gasteiger partial charge in [0.05, 0.1) is 11.3 Å². The van der Waals surface area contributed by atoms with Crippen LogP contribution in [0.5, 0.6) is 0 Å². The van der Waals surface area contributed by atoms with Crippen molar-refractivity contribution in [3.63, 3.8) is 0 Å². The molecule has 1 aromatic heterocycles. The van der Waals surface area contributed by atoms with Gasteiger partial charge in [0.1, 0.15) is 17.3 Å². The average Bonchev–Trinajstić information content (AvgIpc) is 2.78. The molecule has 160 valence electrons. The minimum atomic E-state index is -0.382.